The number of hydrogen-bond donors (Lipinski definition) is 4. The molecule has 0 amide bonds. The lowest BCUT2D eigenvalue weighted by Crippen LogP contribution is -2.45. The molecule has 0 radical (unpaired) electrons. The number of carbonyl (C=O) groups excluding carboxylic acids is 2. The Morgan fingerprint density at radius 2 is 0.981 bits per heavy atom. The topological polar surface area (TPSA) is 135 Å². The highest BCUT2D eigenvalue weighted by Gasteiger charge is 2.37. The molecule has 0 spiro atoms. The van der Waals surface area contributed by atoms with E-state index in [0.29, 0.717) is 12.8 Å². The quantitative estimate of drug-likeness (QED) is 0.140. The molecule has 6 heterocycles. The minimum absolute atomic E-state index is 0.234. The molecular weight excluding hydrogens is 656 g/mol. The number of methoxy groups -OCH3 is 2. The Hall–Kier alpha value is -6.10. The summed E-state index contributed by atoms with van der Waals surface area (Å²) in [6.07, 6.45) is 1.17. The molecule has 0 bridgehead atoms. The Bertz CT molecular complexity index is 2360. The molecule has 10 heteroatoms. The molecule has 2 aliphatic heterocycles. The number of carbonyl (C=O) groups is 2. The highest BCUT2D eigenvalue weighted by atomic mass is 16.5. The maximum absolute atomic E-state index is 12.3. The van der Waals surface area contributed by atoms with Crippen LogP contribution in [0.1, 0.15) is 46.1 Å². The summed E-state index contributed by atoms with van der Waals surface area (Å²) in [5, 5.41) is 11.2. The van der Waals surface area contributed by atoms with Gasteiger partial charge in [-0.25, -0.2) is 0 Å². The normalized spacial score (nSPS) is 19.6. The van der Waals surface area contributed by atoms with Gasteiger partial charge in [0.2, 0.25) is 0 Å². The molecule has 2 aliphatic rings. The zero-order valence-electron chi connectivity index (χ0n) is 28.6. The van der Waals surface area contributed by atoms with Crippen molar-refractivity contribution < 1.29 is 27.9 Å². The van der Waals surface area contributed by atoms with E-state index in [4.69, 9.17) is 18.3 Å². The molecule has 0 saturated heterocycles. The van der Waals surface area contributed by atoms with E-state index in [1.54, 1.807) is 0 Å². The van der Waals surface area contributed by atoms with E-state index in [-0.39, 0.29) is 24.0 Å². The molecule has 0 fully saturated rings. The molecule has 8 aromatic rings. The van der Waals surface area contributed by atoms with Crippen LogP contribution >= 0.6 is 0 Å². The molecule has 4 N–H and O–H groups in total. The zero-order valence-corrected chi connectivity index (χ0v) is 28.6. The van der Waals surface area contributed by atoms with Crippen molar-refractivity contribution in [1.29, 1.82) is 0 Å². The van der Waals surface area contributed by atoms with Gasteiger partial charge in [0, 0.05) is 56.8 Å². The van der Waals surface area contributed by atoms with Crippen LogP contribution in [-0.2, 0) is 31.9 Å². The summed E-state index contributed by atoms with van der Waals surface area (Å²) in [4.78, 5) is 31.5. The van der Waals surface area contributed by atoms with Gasteiger partial charge in [0.05, 0.1) is 14.2 Å². The van der Waals surface area contributed by atoms with E-state index in [0.717, 1.165) is 77.8 Å². The number of hydrogen-bond acceptors (Lipinski definition) is 8. The number of aromatic nitrogens is 2. The van der Waals surface area contributed by atoms with Crippen molar-refractivity contribution in [2.45, 2.75) is 37.0 Å². The van der Waals surface area contributed by atoms with Crippen molar-refractivity contribution in [2.75, 3.05) is 14.2 Å². The molecule has 52 heavy (non-hydrogen) atoms. The molecule has 4 atom stereocenters. The predicted octanol–water partition coefficient (Wildman–Crippen LogP) is 7.38. The number of furan rings is 2. The van der Waals surface area contributed by atoms with Crippen molar-refractivity contribution in [3.05, 3.63) is 143 Å². The maximum Gasteiger partial charge on any atom is 0.323 e. The number of nitrogens with one attached hydrogen (secondary N) is 4. The lowest BCUT2D eigenvalue weighted by molar-refractivity contribution is -0.144. The van der Waals surface area contributed by atoms with Crippen LogP contribution in [0.15, 0.2) is 118 Å². The van der Waals surface area contributed by atoms with E-state index in [9.17, 15) is 9.59 Å². The molecule has 10 nitrogen and oxygen atoms in total. The predicted molar refractivity (Wildman–Crippen MR) is 198 cm³/mol. The van der Waals surface area contributed by atoms with E-state index >= 15 is 0 Å². The Kier molecular flexibility index (Phi) is 7.90. The van der Waals surface area contributed by atoms with Crippen molar-refractivity contribution in [2.24, 2.45) is 0 Å². The maximum atomic E-state index is 12.3. The molecule has 260 valence electrons. The molecule has 0 saturated carbocycles. The second-order valence-corrected chi connectivity index (χ2v) is 13.3. The van der Waals surface area contributed by atoms with Gasteiger partial charge < -0.3 is 28.3 Å². The van der Waals surface area contributed by atoms with Crippen LogP contribution in [0.25, 0.3) is 43.7 Å². The van der Waals surface area contributed by atoms with E-state index < -0.39 is 12.1 Å². The smallest absolute Gasteiger partial charge is 0.323 e. The number of rotatable bonds is 4. The first-order valence-electron chi connectivity index (χ1n) is 17.3. The van der Waals surface area contributed by atoms with E-state index in [2.05, 4.69) is 44.9 Å². The fourth-order valence-electron chi connectivity index (χ4n) is 7.79. The lowest BCUT2D eigenvalue weighted by Gasteiger charge is -2.28. The summed E-state index contributed by atoms with van der Waals surface area (Å²) in [6, 6.07) is 34.9. The van der Waals surface area contributed by atoms with Crippen LogP contribution < -0.4 is 10.6 Å². The Morgan fingerprint density at radius 1 is 0.577 bits per heavy atom. The molecular formula is C42H36N4O6. The van der Waals surface area contributed by atoms with Gasteiger partial charge in [-0.2, -0.15) is 0 Å². The number of para-hydroxylation sites is 4. The summed E-state index contributed by atoms with van der Waals surface area (Å²) >= 11 is 0. The largest absolute Gasteiger partial charge is 0.468 e. The van der Waals surface area contributed by atoms with Gasteiger partial charge >= 0.3 is 11.9 Å². The Morgan fingerprint density at radius 3 is 1.40 bits per heavy atom. The molecule has 0 aliphatic carbocycles. The molecule has 4 aromatic carbocycles. The summed E-state index contributed by atoms with van der Waals surface area (Å²) in [6.45, 7) is 0. The molecule has 4 aromatic heterocycles. The van der Waals surface area contributed by atoms with Crippen LogP contribution in [0.4, 0.5) is 0 Å². The third-order valence-corrected chi connectivity index (χ3v) is 10.3. The second-order valence-electron chi connectivity index (χ2n) is 13.3. The van der Waals surface area contributed by atoms with Crippen LogP contribution in [0, 0.1) is 0 Å². The summed E-state index contributed by atoms with van der Waals surface area (Å²) in [5.74, 6) is 1.05. The first-order valence-corrected chi connectivity index (χ1v) is 17.3. The fourth-order valence-corrected chi connectivity index (χ4v) is 7.79. The number of fused-ring (bicyclic) bond motifs is 8. The van der Waals surface area contributed by atoms with E-state index in [1.165, 1.54) is 14.2 Å². The Labute approximate surface area is 298 Å². The minimum atomic E-state index is -0.412. The number of H-pyrrole nitrogens is 2. The first kappa shape index (κ1) is 31.9. The Balaban J connectivity index is 0.000000138. The van der Waals surface area contributed by atoms with Gasteiger partial charge in [-0.15, -0.1) is 0 Å². The first-order chi connectivity index (χ1) is 25.5. The SMILES string of the molecule is COC(=O)[C@@H]1Cc2c([nH]c3ccccc23)[C@@H](c2cc3ccccc3o2)N1.COC(=O)[C@@H]1Cc2c([nH]c3ccccc23)[C@H](c2cc3ccccc3o2)N1. The monoisotopic (exact) mass is 692 g/mol. The minimum Gasteiger partial charge on any atom is -0.468 e. The van der Waals surface area contributed by atoms with Gasteiger partial charge in [-0.05, 0) is 47.5 Å². The summed E-state index contributed by atoms with van der Waals surface area (Å²) < 4.78 is 22.2. The van der Waals surface area contributed by atoms with Crippen LogP contribution in [0.2, 0.25) is 0 Å². The molecule has 10 rings (SSSR count). The van der Waals surface area contributed by atoms with Crippen LogP contribution in [-0.4, -0.2) is 48.2 Å². The third kappa shape index (κ3) is 5.44. The second kappa shape index (κ2) is 12.9. The molecule has 0 unspecified atom stereocenters. The highest BCUT2D eigenvalue weighted by molar-refractivity contribution is 5.89. The van der Waals surface area contributed by atoms with Crippen LogP contribution in [0.3, 0.4) is 0 Å². The number of ether oxygens (including phenoxy) is 2. The number of aromatic amines is 2. The number of esters is 2. The van der Waals surface area contributed by atoms with Gasteiger partial charge in [-0.1, -0.05) is 72.8 Å². The lowest BCUT2D eigenvalue weighted by atomic mass is 9.92. The van der Waals surface area contributed by atoms with Gasteiger partial charge in [0.1, 0.15) is 46.9 Å². The average Bonchev–Trinajstić information content (AvgIpc) is 3.99. The third-order valence-electron chi connectivity index (χ3n) is 10.3. The van der Waals surface area contributed by atoms with Crippen molar-refractivity contribution in [3.8, 4) is 0 Å². The van der Waals surface area contributed by atoms with Gasteiger partial charge in [0.15, 0.2) is 0 Å². The van der Waals surface area contributed by atoms with Crippen molar-refractivity contribution >= 4 is 55.7 Å². The van der Waals surface area contributed by atoms with Gasteiger partial charge in [-0.3, -0.25) is 20.2 Å². The zero-order chi connectivity index (χ0) is 35.3. The highest BCUT2D eigenvalue weighted by Crippen LogP contribution is 2.39. The summed E-state index contributed by atoms with van der Waals surface area (Å²) in [5.41, 5.74) is 8.16. The standard InChI is InChI=1S/2C21H18N2O3/c2*1-25-21(24)16-11-14-13-7-3-4-8-15(13)22-19(14)20(23-16)18-10-12-6-2-5-9-17(12)26-18/h2*2-10,16,20,22-23H,11H2,1H3/t16-,20+;16-,20-/m00/s1. The number of benzene rings is 4. The average molecular weight is 693 g/mol. The van der Waals surface area contributed by atoms with Gasteiger partial charge in [0.25, 0.3) is 0 Å². The van der Waals surface area contributed by atoms with Crippen LogP contribution in [0.5, 0.6) is 0 Å². The van der Waals surface area contributed by atoms with Crippen molar-refractivity contribution in [3.63, 3.8) is 0 Å². The fraction of sp³-hybridized carbons (Fsp3) is 0.190. The van der Waals surface area contributed by atoms with Crippen molar-refractivity contribution in [1.82, 2.24) is 20.6 Å². The van der Waals surface area contributed by atoms with E-state index in [1.807, 2.05) is 84.9 Å². The summed E-state index contributed by atoms with van der Waals surface area (Å²) in [7, 11) is 2.84.